The minimum absolute atomic E-state index is 0.0683. The molecule has 2 aliphatic heterocycles. The van der Waals surface area contributed by atoms with Crippen LogP contribution in [0.15, 0.2) is 54.6 Å². The van der Waals surface area contributed by atoms with Crippen molar-refractivity contribution in [3.05, 3.63) is 65.7 Å². The summed E-state index contributed by atoms with van der Waals surface area (Å²) >= 11 is 0. The third kappa shape index (κ3) is 3.49. The van der Waals surface area contributed by atoms with Crippen molar-refractivity contribution >= 4 is 17.5 Å². The first-order valence-electron chi connectivity index (χ1n) is 10.7. The van der Waals surface area contributed by atoms with Crippen molar-refractivity contribution in [3.63, 3.8) is 0 Å². The molecule has 5 rings (SSSR count). The maximum Gasteiger partial charge on any atom is 0.251 e. The summed E-state index contributed by atoms with van der Waals surface area (Å²) in [6.07, 6.45) is 3.78. The van der Waals surface area contributed by atoms with Crippen LogP contribution in [0.25, 0.3) is 0 Å². The van der Waals surface area contributed by atoms with E-state index in [0.29, 0.717) is 18.2 Å². The molecule has 29 heavy (non-hydrogen) atoms. The summed E-state index contributed by atoms with van der Waals surface area (Å²) in [5.41, 5.74) is 3.67. The van der Waals surface area contributed by atoms with Crippen LogP contribution in [0, 0.1) is 0 Å². The van der Waals surface area contributed by atoms with Crippen molar-refractivity contribution < 1.29 is 9.59 Å². The lowest BCUT2D eigenvalue weighted by atomic mass is 9.87. The number of carbonyl (C=O) groups excluding carboxylic acids is 2. The highest BCUT2D eigenvalue weighted by Gasteiger charge is 2.43. The smallest absolute Gasteiger partial charge is 0.251 e. The average molecular weight is 389 g/mol. The maximum atomic E-state index is 13.0. The summed E-state index contributed by atoms with van der Waals surface area (Å²) < 4.78 is 0. The predicted molar refractivity (Wildman–Crippen MR) is 113 cm³/mol. The number of para-hydroxylation sites is 1. The van der Waals surface area contributed by atoms with E-state index in [1.165, 1.54) is 22.4 Å². The number of benzene rings is 2. The molecule has 0 spiro atoms. The molecule has 2 amide bonds. The van der Waals surface area contributed by atoms with Crippen LogP contribution >= 0.6 is 0 Å². The summed E-state index contributed by atoms with van der Waals surface area (Å²) in [6, 6.07) is 18.4. The first-order chi connectivity index (χ1) is 14.2. The van der Waals surface area contributed by atoms with Gasteiger partial charge in [0, 0.05) is 32.2 Å². The van der Waals surface area contributed by atoms with Crippen LogP contribution in [0.2, 0.25) is 0 Å². The minimum atomic E-state index is -0.308. The van der Waals surface area contributed by atoms with Gasteiger partial charge in [-0.3, -0.25) is 19.4 Å². The highest BCUT2D eigenvalue weighted by Crippen LogP contribution is 2.28. The van der Waals surface area contributed by atoms with Crippen molar-refractivity contribution in [1.82, 2.24) is 9.80 Å². The van der Waals surface area contributed by atoms with Crippen molar-refractivity contribution in [2.75, 3.05) is 31.1 Å². The highest BCUT2D eigenvalue weighted by molar-refractivity contribution is 6.22. The van der Waals surface area contributed by atoms with Crippen LogP contribution in [-0.4, -0.2) is 59.9 Å². The molecule has 3 aliphatic rings. The Morgan fingerprint density at radius 3 is 2.14 bits per heavy atom. The molecule has 5 heteroatoms. The van der Waals surface area contributed by atoms with Gasteiger partial charge in [-0.25, -0.2) is 4.90 Å². The third-order valence-electron chi connectivity index (χ3n) is 6.76. The van der Waals surface area contributed by atoms with Gasteiger partial charge in [-0.05, 0) is 42.5 Å². The van der Waals surface area contributed by atoms with E-state index >= 15 is 0 Å². The summed E-state index contributed by atoms with van der Waals surface area (Å²) in [4.78, 5) is 31.7. The Morgan fingerprint density at radius 2 is 1.38 bits per heavy atom. The molecule has 0 radical (unpaired) electrons. The fourth-order valence-electron chi connectivity index (χ4n) is 5.15. The Balaban J connectivity index is 1.21. The monoisotopic (exact) mass is 389 g/mol. The lowest BCUT2D eigenvalue weighted by molar-refractivity contribution is -0.123. The molecule has 1 aliphatic carbocycles. The first-order valence-corrected chi connectivity index (χ1v) is 10.7. The van der Waals surface area contributed by atoms with E-state index in [0.717, 1.165) is 39.0 Å². The molecule has 0 N–H and O–H groups in total. The van der Waals surface area contributed by atoms with Crippen LogP contribution in [0.1, 0.15) is 24.0 Å². The fraction of sp³-hybridized carbons (Fsp3) is 0.417. The lowest BCUT2D eigenvalue weighted by Gasteiger charge is -2.42. The van der Waals surface area contributed by atoms with Crippen molar-refractivity contribution in [2.24, 2.45) is 0 Å². The number of anilines is 1. The molecule has 2 atom stereocenters. The SMILES string of the molecule is O=C1C[C@H](N2CCN([C@H]3CCc4ccccc4C3)CC2)C(=O)N1c1ccccc1. The second-order valence-corrected chi connectivity index (χ2v) is 8.36. The number of fused-ring (bicyclic) bond motifs is 1. The summed E-state index contributed by atoms with van der Waals surface area (Å²) in [6.45, 7) is 3.64. The van der Waals surface area contributed by atoms with E-state index in [2.05, 4.69) is 34.1 Å². The molecule has 2 fully saturated rings. The fourth-order valence-corrected chi connectivity index (χ4v) is 5.15. The van der Waals surface area contributed by atoms with Gasteiger partial charge in [-0.2, -0.15) is 0 Å². The molecule has 0 bridgehead atoms. The zero-order valence-electron chi connectivity index (χ0n) is 16.7. The molecule has 2 aromatic carbocycles. The Morgan fingerprint density at radius 1 is 0.724 bits per heavy atom. The molecule has 2 aromatic rings. The van der Waals surface area contributed by atoms with E-state index < -0.39 is 0 Å². The Hall–Kier alpha value is -2.50. The van der Waals surface area contributed by atoms with E-state index in [1.807, 2.05) is 30.3 Å². The third-order valence-corrected chi connectivity index (χ3v) is 6.76. The van der Waals surface area contributed by atoms with Crippen LogP contribution < -0.4 is 4.90 Å². The minimum Gasteiger partial charge on any atom is -0.298 e. The summed E-state index contributed by atoms with van der Waals surface area (Å²) in [5.74, 6) is -0.154. The number of hydrogen-bond acceptors (Lipinski definition) is 4. The molecule has 0 unspecified atom stereocenters. The number of imide groups is 1. The van der Waals surface area contributed by atoms with E-state index in [9.17, 15) is 9.59 Å². The second kappa shape index (κ2) is 7.73. The molecule has 0 aromatic heterocycles. The van der Waals surface area contributed by atoms with Gasteiger partial charge >= 0.3 is 0 Å². The Kier molecular flexibility index (Phi) is 4.94. The van der Waals surface area contributed by atoms with Gasteiger partial charge < -0.3 is 0 Å². The van der Waals surface area contributed by atoms with Gasteiger partial charge in [0.1, 0.15) is 0 Å². The standard InChI is InChI=1S/C24H27N3O2/c28-23-17-22(24(29)27(23)20-8-2-1-3-9-20)26-14-12-25(13-15-26)21-11-10-18-6-4-5-7-19(18)16-21/h1-9,21-22H,10-17H2/t21-,22-/m0/s1. The maximum absolute atomic E-state index is 13.0. The highest BCUT2D eigenvalue weighted by atomic mass is 16.2. The predicted octanol–water partition coefficient (Wildman–Crippen LogP) is 2.49. The molecular weight excluding hydrogens is 362 g/mol. The molecule has 2 heterocycles. The molecule has 2 saturated heterocycles. The van der Waals surface area contributed by atoms with Gasteiger partial charge in [-0.15, -0.1) is 0 Å². The Bertz CT molecular complexity index is 905. The number of rotatable bonds is 3. The van der Waals surface area contributed by atoms with Gasteiger partial charge in [0.2, 0.25) is 5.91 Å². The van der Waals surface area contributed by atoms with Crippen LogP contribution in [0.3, 0.4) is 0 Å². The second-order valence-electron chi connectivity index (χ2n) is 8.36. The lowest BCUT2D eigenvalue weighted by Crippen LogP contribution is -2.55. The van der Waals surface area contributed by atoms with Crippen molar-refractivity contribution in [2.45, 2.75) is 37.8 Å². The Labute approximate surface area is 171 Å². The summed E-state index contributed by atoms with van der Waals surface area (Å²) in [7, 11) is 0. The topological polar surface area (TPSA) is 43.9 Å². The molecular formula is C24H27N3O2. The van der Waals surface area contributed by atoms with Crippen LogP contribution in [0.5, 0.6) is 0 Å². The van der Waals surface area contributed by atoms with Crippen molar-refractivity contribution in [1.29, 1.82) is 0 Å². The normalized spacial score (nSPS) is 26.0. The van der Waals surface area contributed by atoms with E-state index in [-0.39, 0.29) is 17.9 Å². The van der Waals surface area contributed by atoms with Crippen LogP contribution in [0.4, 0.5) is 5.69 Å². The number of piperazine rings is 1. The van der Waals surface area contributed by atoms with Gasteiger partial charge in [0.25, 0.3) is 5.91 Å². The molecule has 5 nitrogen and oxygen atoms in total. The van der Waals surface area contributed by atoms with Gasteiger partial charge in [-0.1, -0.05) is 42.5 Å². The number of carbonyl (C=O) groups is 2. The van der Waals surface area contributed by atoms with Gasteiger partial charge in [0.15, 0.2) is 0 Å². The zero-order chi connectivity index (χ0) is 19.8. The number of aryl methyl sites for hydroxylation is 1. The first kappa shape index (κ1) is 18.5. The molecule has 150 valence electrons. The van der Waals surface area contributed by atoms with Crippen LogP contribution in [-0.2, 0) is 22.4 Å². The average Bonchev–Trinajstić information content (AvgIpc) is 3.08. The number of hydrogen-bond donors (Lipinski definition) is 0. The number of amides is 2. The quantitative estimate of drug-likeness (QED) is 0.757. The van der Waals surface area contributed by atoms with Crippen molar-refractivity contribution in [3.8, 4) is 0 Å². The zero-order valence-corrected chi connectivity index (χ0v) is 16.7. The van der Waals surface area contributed by atoms with Gasteiger partial charge in [0.05, 0.1) is 18.2 Å². The van der Waals surface area contributed by atoms with E-state index in [1.54, 1.807) is 0 Å². The van der Waals surface area contributed by atoms with E-state index in [4.69, 9.17) is 0 Å². The number of nitrogens with zero attached hydrogens (tertiary/aromatic N) is 3. The summed E-state index contributed by atoms with van der Waals surface area (Å²) in [5, 5.41) is 0. The molecule has 0 saturated carbocycles. The largest absolute Gasteiger partial charge is 0.298 e.